The molecule has 2 rings (SSSR count). The summed E-state index contributed by atoms with van der Waals surface area (Å²) in [6.07, 6.45) is 1.24. The van der Waals surface area contributed by atoms with Crippen LogP contribution in [0.4, 0.5) is 11.4 Å². The number of hydroxylamine groups is 1. The van der Waals surface area contributed by atoms with Gasteiger partial charge in [-0.15, -0.1) is 0 Å². The first kappa shape index (κ1) is 10.9. The molecule has 0 spiro atoms. The zero-order valence-corrected chi connectivity index (χ0v) is 8.97. The number of benzene rings is 1. The van der Waals surface area contributed by atoms with E-state index < -0.39 is 0 Å². The third kappa shape index (κ3) is 2.71. The van der Waals surface area contributed by atoms with Gasteiger partial charge in [0.15, 0.2) is 0 Å². The van der Waals surface area contributed by atoms with Gasteiger partial charge in [0, 0.05) is 18.8 Å². The third-order valence-corrected chi connectivity index (χ3v) is 2.50. The van der Waals surface area contributed by atoms with E-state index in [9.17, 15) is 0 Å². The van der Waals surface area contributed by atoms with E-state index in [2.05, 4.69) is 9.89 Å². The Morgan fingerprint density at radius 2 is 1.94 bits per heavy atom. The normalized spacial score (nSPS) is 16.7. The highest BCUT2D eigenvalue weighted by Gasteiger charge is 2.10. The van der Waals surface area contributed by atoms with Crippen LogP contribution in [0.2, 0.25) is 0 Å². The second-order valence-electron chi connectivity index (χ2n) is 3.50. The molecule has 1 saturated heterocycles. The van der Waals surface area contributed by atoms with Crippen molar-refractivity contribution in [2.45, 2.75) is 0 Å². The summed E-state index contributed by atoms with van der Waals surface area (Å²) in [6.45, 7) is 3.43. The molecule has 0 atom stereocenters. The molecule has 5 heteroatoms. The number of anilines is 1. The van der Waals surface area contributed by atoms with Crippen LogP contribution in [-0.4, -0.2) is 37.8 Å². The summed E-state index contributed by atoms with van der Waals surface area (Å²) < 4.78 is 5.30. The van der Waals surface area contributed by atoms with Crippen LogP contribution < -0.4 is 10.4 Å². The minimum Gasteiger partial charge on any atom is -0.378 e. The number of ether oxygens (including phenoxy) is 1. The van der Waals surface area contributed by atoms with Gasteiger partial charge in [0.1, 0.15) is 6.34 Å². The Kier molecular flexibility index (Phi) is 3.74. The lowest BCUT2D eigenvalue weighted by atomic mass is 10.2. The fourth-order valence-corrected chi connectivity index (χ4v) is 1.67. The molecule has 1 aromatic rings. The highest BCUT2D eigenvalue weighted by molar-refractivity contribution is 5.61. The second kappa shape index (κ2) is 5.48. The van der Waals surface area contributed by atoms with Crippen molar-refractivity contribution in [1.82, 2.24) is 5.48 Å². The molecule has 1 aliphatic rings. The summed E-state index contributed by atoms with van der Waals surface area (Å²) >= 11 is 0. The summed E-state index contributed by atoms with van der Waals surface area (Å²) in [7, 11) is 0. The summed E-state index contributed by atoms with van der Waals surface area (Å²) in [5.74, 6) is 0. The Morgan fingerprint density at radius 1 is 1.25 bits per heavy atom. The molecule has 0 amide bonds. The van der Waals surface area contributed by atoms with Crippen molar-refractivity contribution in [1.29, 1.82) is 0 Å². The van der Waals surface area contributed by atoms with Gasteiger partial charge in [-0.05, 0) is 24.3 Å². The molecule has 0 aliphatic carbocycles. The topological polar surface area (TPSA) is 57.1 Å². The maximum Gasteiger partial charge on any atom is 0.113 e. The number of hydrogen-bond acceptors (Lipinski definition) is 4. The predicted molar refractivity (Wildman–Crippen MR) is 62.5 cm³/mol. The number of rotatable bonds is 3. The SMILES string of the molecule is ONC=Nc1ccc(N2CCOCC2)cc1. The Bertz CT molecular complexity index is 345. The maximum atomic E-state index is 8.36. The van der Waals surface area contributed by atoms with Gasteiger partial charge in [0.25, 0.3) is 0 Å². The van der Waals surface area contributed by atoms with Gasteiger partial charge in [0.2, 0.25) is 0 Å². The number of nitrogens with zero attached hydrogens (tertiary/aromatic N) is 2. The average molecular weight is 221 g/mol. The summed E-state index contributed by atoms with van der Waals surface area (Å²) in [6, 6.07) is 7.88. The molecule has 0 unspecified atom stereocenters. The van der Waals surface area contributed by atoms with Crippen LogP contribution in [0.1, 0.15) is 0 Å². The standard InChI is InChI=1S/C11H15N3O2/c15-13-9-12-10-1-3-11(4-2-10)14-5-7-16-8-6-14/h1-4,9,15H,5-8H2,(H,12,13). The number of morpholine rings is 1. The Balaban J connectivity index is 2.03. The molecule has 1 aromatic carbocycles. The van der Waals surface area contributed by atoms with Crippen molar-refractivity contribution in [3.8, 4) is 0 Å². The minimum absolute atomic E-state index is 0.786. The fourth-order valence-electron chi connectivity index (χ4n) is 1.67. The Morgan fingerprint density at radius 3 is 2.56 bits per heavy atom. The van der Waals surface area contributed by atoms with Gasteiger partial charge in [-0.25, -0.2) is 4.99 Å². The molecular weight excluding hydrogens is 206 g/mol. The summed E-state index contributed by atoms with van der Waals surface area (Å²) in [5.41, 5.74) is 3.86. The van der Waals surface area contributed by atoms with Crippen molar-refractivity contribution in [2.75, 3.05) is 31.2 Å². The van der Waals surface area contributed by atoms with E-state index in [1.54, 1.807) is 0 Å². The predicted octanol–water partition coefficient (Wildman–Crippen LogP) is 1.16. The lowest BCUT2D eigenvalue weighted by Crippen LogP contribution is -2.36. The van der Waals surface area contributed by atoms with E-state index in [0.717, 1.165) is 32.0 Å². The van der Waals surface area contributed by atoms with Crippen LogP contribution in [0.25, 0.3) is 0 Å². The minimum atomic E-state index is 0.786. The van der Waals surface area contributed by atoms with Crippen LogP contribution in [0.5, 0.6) is 0 Å². The fraction of sp³-hybridized carbons (Fsp3) is 0.364. The Hall–Kier alpha value is -1.59. The largest absolute Gasteiger partial charge is 0.378 e. The molecule has 0 aromatic heterocycles. The molecule has 16 heavy (non-hydrogen) atoms. The van der Waals surface area contributed by atoms with E-state index in [0.29, 0.717) is 0 Å². The van der Waals surface area contributed by atoms with E-state index in [1.807, 2.05) is 29.7 Å². The van der Waals surface area contributed by atoms with Gasteiger partial charge in [-0.1, -0.05) is 0 Å². The van der Waals surface area contributed by atoms with Gasteiger partial charge < -0.3 is 9.64 Å². The molecule has 1 aliphatic heterocycles. The molecule has 5 nitrogen and oxygen atoms in total. The van der Waals surface area contributed by atoms with E-state index in [1.165, 1.54) is 12.0 Å². The van der Waals surface area contributed by atoms with Crippen LogP contribution >= 0.6 is 0 Å². The first-order valence-electron chi connectivity index (χ1n) is 5.25. The van der Waals surface area contributed by atoms with Crippen molar-refractivity contribution < 1.29 is 9.94 Å². The average Bonchev–Trinajstić information content (AvgIpc) is 2.38. The summed E-state index contributed by atoms with van der Waals surface area (Å²) in [4.78, 5) is 6.26. The van der Waals surface area contributed by atoms with Gasteiger partial charge in [0.05, 0.1) is 18.9 Å². The maximum absolute atomic E-state index is 8.36. The molecule has 86 valence electrons. The van der Waals surface area contributed by atoms with Crippen molar-refractivity contribution in [3.63, 3.8) is 0 Å². The smallest absolute Gasteiger partial charge is 0.113 e. The van der Waals surface area contributed by atoms with E-state index in [-0.39, 0.29) is 0 Å². The first-order valence-corrected chi connectivity index (χ1v) is 5.25. The second-order valence-corrected chi connectivity index (χ2v) is 3.50. The van der Waals surface area contributed by atoms with Crippen LogP contribution in [-0.2, 0) is 4.74 Å². The zero-order valence-electron chi connectivity index (χ0n) is 8.97. The highest BCUT2D eigenvalue weighted by Crippen LogP contribution is 2.20. The van der Waals surface area contributed by atoms with Gasteiger partial charge in [-0.2, -0.15) is 0 Å². The number of hydrogen-bond donors (Lipinski definition) is 2. The number of aliphatic imine (C=N–C) groups is 1. The van der Waals surface area contributed by atoms with Crippen LogP contribution in [0, 0.1) is 0 Å². The lowest BCUT2D eigenvalue weighted by Gasteiger charge is -2.28. The molecule has 0 radical (unpaired) electrons. The Labute approximate surface area is 94.3 Å². The van der Waals surface area contributed by atoms with Crippen molar-refractivity contribution >= 4 is 17.7 Å². The van der Waals surface area contributed by atoms with Crippen molar-refractivity contribution in [2.24, 2.45) is 4.99 Å². The monoisotopic (exact) mass is 221 g/mol. The molecular formula is C11H15N3O2. The first-order chi connectivity index (χ1) is 7.90. The molecule has 1 heterocycles. The van der Waals surface area contributed by atoms with Crippen LogP contribution in [0.3, 0.4) is 0 Å². The van der Waals surface area contributed by atoms with Gasteiger partial charge >= 0.3 is 0 Å². The quantitative estimate of drug-likeness (QED) is 0.457. The van der Waals surface area contributed by atoms with E-state index >= 15 is 0 Å². The summed E-state index contributed by atoms with van der Waals surface area (Å²) in [5, 5.41) is 8.36. The van der Waals surface area contributed by atoms with Crippen molar-refractivity contribution in [3.05, 3.63) is 24.3 Å². The third-order valence-electron chi connectivity index (χ3n) is 2.50. The molecule has 0 saturated carbocycles. The zero-order chi connectivity index (χ0) is 11.2. The molecule has 1 fully saturated rings. The van der Waals surface area contributed by atoms with Crippen LogP contribution in [0.15, 0.2) is 29.3 Å². The van der Waals surface area contributed by atoms with E-state index in [4.69, 9.17) is 9.94 Å². The highest BCUT2D eigenvalue weighted by atomic mass is 16.5. The molecule has 0 bridgehead atoms. The van der Waals surface area contributed by atoms with Gasteiger partial charge in [-0.3, -0.25) is 10.7 Å². The number of nitrogens with one attached hydrogen (secondary N) is 1. The lowest BCUT2D eigenvalue weighted by molar-refractivity contribution is 0.122. The molecule has 2 N–H and O–H groups in total.